The second-order valence-corrected chi connectivity index (χ2v) is 9.73. The van der Waals surface area contributed by atoms with Crippen molar-refractivity contribution in [1.82, 2.24) is 4.72 Å². The Morgan fingerprint density at radius 2 is 1.57 bits per heavy atom. The number of ether oxygens (including phenoxy) is 1. The predicted molar refractivity (Wildman–Crippen MR) is 116 cm³/mol. The summed E-state index contributed by atoms with van der Waals surface area (Å²) in [7, 11) is -3.97. The summed E-state index contributed by atoms with van der Waals surface area (Å²) in [6, 6.07) is 8.12. The molecule has 6 nitrogen and oxygen atoms in total. The van der Waals surface area contributed by atoms with Crippen molar-refractivity contribution in [2.45, 2.75) is 45.6 Å². The van der Waals surface area contributed by atoms with Crippen LogP contribution in [0.4, 0.5) is 0 Å². The molecule has 30 heavy (non-hydrogen) atoms. The summed E-state index contributed by atoms with van der Waals surface area (Å²) < 4.78 is 32.7. The van der Waals surface area contributed by atoms with E-state index in [1.54, 1.807) is 19.9 Å². The third-order valence-corrected chi connectivity index (χ3v) is 6.52. The molecule has 1 atom stereocenters. The van der Waals surface area contributed by atoms with Gasteiger partial charge in [0.15, 0.2) is 6.61 Å². The first-order valence-electron chi connectivity index (χ1n) is 9.48. The summed E-state index contributed by atoms with van der Waals surface area (Å²) in [5.41, 5.74) is 3.31. The molecule has 0 radical (unpaired) electrons. The number of sulfonamides is 1. The van der Waals surface area contributed by atoms with Crippen molar-refractivity contribution in [3.63, 3.8) is 0 Å². The van der Waals surface area contributed by atoms with Gasteiger partial charge in [-0.15, -0.1) is 0 Å². The van der Waals surface area contributed by atoms with Gasteiger partial charge in [-0.1, -0.05) is 31.5 Å². The smallest absolute Gasteiger partial charge is 0.324 e. The highest BCUT2D eigenvalue weighted by atomic mass is 35.5. The van der Waals surface area contributed by atoms with Crippen LogP contribution in [0.25, 0.3) is 0 Å². The van der Waals surface area contributed by atoms with E-state index in [-0.39, 0.29) is 10.7 Å². The molecule has 162 valence electrons. The van der Waals surface area contributed by atoms with Crippen LogP contribution in [0.5, 0.6) is 0 Å². The van der Waals surface area contributed by atoms with Crippen LogP contribution in [0.3, 0.4) is 0 Å². The predicted octanol–water partition coefficient (Wildman–Crippen LogP) is 3.99. The fraction of sp³-hybridized carbons (Fsp3) is 0.364. The molecule has 0 saturated carbocycles. The summed E-state index contributed by atoms with van der Waals surface area (Å²) in [5.74, 6) is -1.54. The van der Waals surface area contributed by atoms with E-state index < -0.39 is 34.6 Å². The summed E-state index contributed by atoms with van der Waals surface area (Å²) in [5, 5.41) is 0.397. The van der Waals surface area contributed by atoms with E-state index in [1.807, 2.05) is 26.8 Å². The van der Waals surface area contributed by atoms with Gasteiger partial charge in [0.25, 0.3) is 0 Å². The van der Waals surface area contributed by atoms with Crippen molar-refractivity contribution < 1.29 is 22.7 Å². The summed E-state index contributed by atoms with van der Waals surface area (Å²) >= 11 is 5.80. The first kappa shape index (κ1) is 24.1. The Hall–Kier alpha value is -2.22. The van der Waals surface area contributed by atoms with E-state index in [2.05, 4.69) is 4.72 Å². The van der Waals surface area contributed by atoms with Crippen molar-refractivity contribution in [1.29, 1.82) is 0 Å². The van der Waals surface area contributed by atoms with Gasteiger partial charge in [-0.25, -0.2) is 8.42 Å². The molecule has 0 aliphatic heterocycles. The van der Waals surface area contributed by atoms with Crippen LogP contribution in [-0.2, 0) is 19.6 Å². The fourth-order valence-corrected chi connectivity index (χ4v) is 4.33. The number of aryl methyl sites for hydroxylation is 3. The van der Waals surface area contributed by atoms with Gasteiger partial charge in [0.1, 0.15) is 6.04 Å². The minimum absolute atomic E-state index is 0.0211. The summed E-state index contributed by atoms with van der Waals surface area (Å²) in [6.07, 6.45) is 0. The number of ketones is 1. The summed E-state index contributed by atoms with van der Waals surface area (Å²) in [6.45, 7) is 8.58. The number of benzene rings is 2. The van der Waals surface area contributed by atoms with Gasteiger partial charge >= 0.3 is 5.97 Å². The first-order chi connectivity index (χ1) is 13.9. The highest BCUT2D eigenvalue weighted by molar-refractivity contribution is 7.89. The lowest BCUT2D eigenvalue weighted by atomic mass is 9.98. The zero-order valence-electron chi connectivity index (χ0n) is 17.7. The Morgan fingerprint density at radius 3 is 2.13 bits per heavy atom. The van der Waals surface area contributed by atoms with Gasteiger partial charge in [-0.2, -0.15) is 4.72 Å². The van der Waals surface area contributed by atoms with Crippen LogP contribution in [0, 0.1) is 26.7 Å². The van der Waals surface area contributed by atoms with Crippen LogP contribution in [0.15, 0.2) is 41.3 Å². The second kappa shape index (κ2) is 9.73. The lowest BCUT2D eigenvalue weighted by molar-refractivity contribution is -0.145. The molecular weight excluding hydrogens is 426 g/mol. The van der Waals surface area contributed by atoms with Crippen LogP contribution >= 0.6 is 11.6 Å². The van der Waals surface area contributed by atoms with Gasteiger partial charge < -0.3 is 4.74 Å². The average Bonchev–Trinajstić information content (AvgIpc) is 2.67. The molecule has 1 N–H and O–H groups in total. The lowest BCUT2D eigenvalue weighted by Crippen LogP contribution is -2.45. The minimum Gasteiger partial charge on any atom is -0.456 e. The maximum Gasteiger partial charge on any atom is 0.324 e. The third kappa shape index (κ3) is 5.90. The normalized spacial score (nSPS) is 12.6. The fourth-order valence-electron chi connectivity index (χ4n) is 2.87. The molecule has 0 fully saturated rings. The number of hydrogen-bond acceptors (Lipinski definition) is 5. The zero-order valence-corrected chi connectivity index (χ0v) is 19.2. The van der Waals surface area contributed by atoms with Gasteiger partial charge in [-0.05, 0) is 73.7 Å². The quantitative estimate of drug-likeness (QED) is 0.484. The van der Waals surface area contributed by atoms with Crippen molar-refractivity contribution >= 4 is 33.4 Å². The Labute approximate surface area is 182 Å². The molecule has 8 heteroatoms. The van der Waals surface area contributed by atoms with Crippen LogP contribution < -0.4 is 4.72 Å². The molecule has 0 spiro atoms. The van der Waals surface area contributed by atoms with Crippen molar-refractivity contribution in [3.05, 3.63) is 63.7 Å². The molecule has 2 aromatic carbocycles. The zero-order chi connectivity index (χ0) is 22.6. The maximum absolute atomic E-state index is 12.6. The number of carbonyl (C=O) groups is 2. The standard InChI is InChI=1S/C22H26ClNO5S/c1-13(2)21(24-30(27,28)18-8-6-17(23)7-9-18)22(26)29-12-20(25)19-11-15(4)14(3)10-16(19)5/h6-11,13,21,24H,12H2,1-5H3. The molecule has 0 bridgehead atoms. The molecule has 1 unspecified atom stereocenters. The van der Waals surface area contributed by atoms with Gasteiger partial charge in [0.2, 0.25) is 15.8 Å². The number of Topliss-reactive ketones (excluding diaryl/α,β-unsaturated/α-hetero) is 1. The molecule has 0 aliphatic rings. The first-order valence-corrected chi connectivity index (χ1v) is 11.3. The highest BCUT2D eigenvalue weighted by Gasteiger charge is 2.30. The monoisotopic (exact) mass is 451 g/mol. The number of halogens is 1. The lowest BCUT2D eigenvalue weighted by Gasteiger charge is -2.21. The van der Waals surface area contributed by atoms with Crippen LogP contribution in [-0.4, -0.2) is 32.8 Å². The van der Waals surface area contributed by atoms with Gasteiger partial charge in [-0.3, -0.25) is 9.59 Å². The van der Waals surface area contributed by atoms with Crippen LogP contribution in [0.2, 0.25) is 5.02 Å². The van der Waals surface area contributed by atoms with E-state index in [1.165, 1.54) is 24.3 Å². The van der Waals surface area contributed by atoms with E-state index in [9.17, 15) is 18.0 Å². The van der Waals surface area contributed by atoms with E-state index in [4.69, 9.17) is 16.3 Å². The SMILES string of the molecule is Cc1cc(C)c(C(=O)COC(=O)C(NS(=O)(=O)c2ccc(Cl)cc2)C(C)C)cc1C. The molecule has 0 heterocycles. The Kier molecular flexibility index (Phi) is 7.80. The second-order valence-electron chi connectivity index (χ2n) is 7.58. The van der Waals surface area contributed by atoms with E-state index in [0.29, 0.717) is 10.6 Å². The number of rotatable bonds is 8. The van der Waals surface area contributed by atoms with Crippen molar-refractivity contribution in [2.75, 3.05) is 6.61 Å². The number of nitrogens with one attached hydrogen (secondary N) is 1. The number of esters is 1. The van der Waals surface area contributed by atoms with E-state index in [0.717, 1.165) is 16.7 Å². The topological polar surface area (TPSA) is 89.5 Å². The Bertz CT molecular complexity index is 1050. The Morgan fingerprint density at radius 1 is 1.00 bits per heavy atom. The maximum atomic E-state index is 12.6. The molecule has 2 aromatic rings. The molecule has 0 saturated heterocycles. The van der Waals surface area contributed by atoms with Crippen molar-refractivity contribution in [2.24, 2.45) is 5.92 Å². The largest absolute Gasteiger partial charge is 0.456 e. The van der Waals surface area contributed by atoms with Gasteiger partial charge in [0, 0.05) is 10.6 Å². The van der Waals surface area contributed by atoms with Gasteiger partial charge in [0.05, 0.1) is 4.90 Å². The number of carbonyl (C=O) groups excluding carboxylic acids is 2. The molecular formula is C22H26ClNO5S. The molecule has 0 aromatic heterocycles. The Balaban J connectivity index is 2.11. The van der Waals surface area contributed by atoms with Crippen molar-refractivity contribution in [3.8, 4) is 0 Å². The number of hydrogen-bond donors (Lipinski definition) is 1. The van der Waals surface area contributed by atoms with E-state index >= 15 is 0 Å². The highest BCUT2D eigenvalue weighted by Crippen LogP contribution is 2.18. The summed E-state index contributed by atoms with van der Waals surface area (Å²) in [4.78, 5) is 25.1. The molecule has 0 amide bonds. The average molecular weight is 452 g/mol. The third-order valence-electron chi connectivity index (χ3n) is 4.81. The minimum atomic E-state index is -3.97. The van der Waals surface area contributed by atoms with Crippen LogP contribution in [0.1, 0.15) is 40.9 Å². The molecule has 2 rings (SSSR count). The molecule has 0 aliphatic carbocycles.